The Morgan fingerprint density at radius 1 is 0.400 bits per heavy atom. The summed E-state index contributed by atoms with van der Waals surface area (Å²) in [4.78, 5) is 10.1. The second-order valence-electron chi connectivity index (χ2n) is 13.8. The summed E-state index contributed by atoms with van der Waals surface area (Å²) in [5.74, 6) is 1.91. The fourth-order valence-corrected chi connectivity index (χ4v) is 9.20. The van der Waals surface area contributed by atoms with Gasteiger partial charge < -0.3 is 18.3 Å². The fourth-order valence-electron chi connectivity index (χ4n) is 9.20. The van der Waals surface area contributed by atoms with Gasteiger partial charge in [-0.15, -0.1) is 0 Å². The summed E-state index contributed by atoms with van der Waals surface area (Å²) in [5.41, 5.74) is 16.3. The Balaban J connectivity index is 1.16. The number of rotatable bonds is 1. The summed E-state index contributed by atoms with van der Waals surface area (Å²) in [5, 5.41) is 5.01. The van der Waals surface area contributed by atoms with Crippen molar-refractivity contribution in [2.24, 2.45) is 28.2 Å². The SMILES string of the molecule is Cn1c2ccc(-c3cccc4c3c3ccc5c(c3n4C)n(C)c3nc4ccccc4n53)cc2c2c1ccc1c2n(C)c2nc3ccccc3n12. The van der Waals surface area contributed by atoms with E-state index < -0.39 is 0 Å². The van der Waals surface area contributed by atoms with Crippen LogP contribution in [0.2, 0.25) is 0 Å². The van der Waals surface area contributed by atoms with Crippen molar-refractivity contribution in [2.75, 3.05) is 0 Å². The molecule has 0 aliphatic carbocycles. The third kappa shape index (κ3) is 2.92. The lowest BCUT2D eigenvalue weighted by molar-refractivity contribution is 0.962. The number of benzene rings is 6. The number of nitrogens with zero attached hydrogens (tertiary/aromatic N) is 8. The van der Waals surface area contributed by atoms with E-state index in [-0.39, 0.29) is 0 Å². The molecule has 0 fully saturated rings. The Kier molecular flexibility index (Phi) is 4.61. The molecule has 0 radical (unpaired) electrons. The first-order valence-electron chi connectivity index (χ1n) is 17.0. The highest BCUT2D eigenvalue weighted by atomic mass is 15.2. The molecule has 12 rings (SSSR count). The molecule has 0 N–H and O–H groups in total. The van der Waals surface area contributed by atoms with Crippen LogP contribution < -0.4 is 0 Å². The summed E-state index contributed by atoms with van der Waals surface area (Å²) < 4.78 is 13.8. The molecule has 0 spiro atoms. The molecule has 0 aliphatic heterocycles. The van der Waals surface area contributed by atoms with Gasteiger partial charge in [0.25, 0.3) is 0 Å². The van der Waals surface area contributed by atoms with Gasteiger partial charge in [-0.25, -0.2) is 9.97 Å². The van der Waals surface area contributed by atoms with Crippen LogP contribution >= 0.6 is 0 Å². The molecule has 0 saturated heterocycles. The molecule has 6 aromatic carbocycles. The van der Waals surface area contributed by atoms with E-state index in [9.17, 15) is 0 Å². The van der Waals surface area contributed by atoms with Crippen LogP contribution in [0.5, 0.6) is 0 Å². The minimum Gasteiger partial charge on any atom is -0.344 e. The van der Waals surface area contributed by atoms with Crippen LogP contribution in [-0.4, -0.2) is 37.0 Å². The van der Waals surface area contributed by atoms with Crippen molar-refractivity contribution in [2.45, 2.75) is 0 Å². The molecule has 0 unspecified atom stereocenters. The standard InChI is InChI=1S/C42H30N8/c1-45-29-18-16-23(22-26(29)37-33(45)20-21-34-39(37)47(3)41-43-27-11-5-7-13-30(27)49(34)41)24-10-9-15-32-36(24)25-17-19-35-40(38(25)46(32)2)48(4)42-44-28-12-6-8-14-31(28)50(35)42/h5-22H,1-4H3. The van der Waals surface area contributed by atoms with Crippen molar-refractivity contribution in [3.63, 3.8) is 0 Å². The first-order valence-corrected chi connectivity index (χ1v) is 17.0. The lowest BCUT2D eigenvalue weighted by atomic mass is 9.97. The van der Waals surface area contributed by atoms with Gasteiger partial charge in [0.15, 0.2) is 0 Å². The monoisotopic (exact) mass is 646 g/mol. The summed E-state index contributed by atoms with van der Waals surface area (Å²) in [6.45, 7) is 0. The summed E-state index contributed by atoms with van der Waals surface area (Å²) in [6.07, 6.45) is 0. The summed E-state index contributed by atoms with van der Waals surface area (Å²) in [7, 11) is 8.66. The molecule has 0 bridgehead atoms. The first kappa shape index (κ1) is 26.4. The highest BCUT2D eigenvalue weighted by Crippen LogP contribution is 2.43. The van der Waals surface area contributed by atoms with Crippen LogP contribution in [-0.2, 0) is 28.2 Å². The summed E-state index contributed by atoms with van der Waals surface area (Å²) >= 11 is 0. The van der Waals surface area contributed by atoms with Crippen molar-refractivity contribution in [1.82, 2.24) is 37.0 Å². The van der Waals surface area contributed by atoms with Crippen molar-refractivity contribution < 1.29 is 0 Å². The molecule has 0 aliphatic rings. The molecule has 6 aromatic heterocycles. The molecule has 0 saturated carbocycles. The maximum atomic E-state index is 5.04. The van der Waals surface area contributed by atoms with Crippen LogP contribution in [0.15, 0.2) is 109 Å². The predicted octanol–water partition coefficient (Wildman–Crippen LogP) is 9.23. The Morgan fingerprint density at radius 3 is 1.72 bits per heavy atom. The third-order valence-corrected chi connectivity index (χ3v) is 11.4. The van der Waals surface area contributed by atoms with E-state index in [1.54, 1.807) is 0 Å². The fraction of sp³-hybridized carbons (Fsp3) is 0.0952. The number of hydrogen-bond donors (Lipinski definition) is 0. The van der Waals surface area contributed by atoms with Gasteiger partial charge >= 0.3 is 0 Å². The van der Waals surface area contributed by atoms with Crippen LogP contribution in [0.25, 0.3) is 110 Å². The van der Waals surface area contributed by atoms with Crippen LogP contribution in [0.1, 0.15) is 0 Å². The predicted molar refractivity (Wildman–Crippen MR) is 205 cm³/mol. The zero-order valence-corrected chi connectivity index (χ0v) is 28.0. The van der Waals surface area contributed by atoms with Crippen molar-refractivity contribution in [3.05, 3.63) is 109 Å². The van der Waals surface area contributed by atoms with Gasteiger partial charge in [0.1, 0.15) is 0 Å². The maximum absolute atomic E-state index is 5.04. The number of aromatic nitrogens is 8. The van der Waals surface area contributed by atoms with E-state index >= 15 is 0 Å². The largest absolute Gasteiger partial charge is 0.344 e. The number of imidazole rings is 4. The van der Waals surface area contributed by atoms with Gasteiger partial charge in [-0.1, -0.05) is 42.5 Å². The third-order valence-electron chi connectivity index (χ3n) is 11.4. The second kappa shape index (κ2) is 8.73. The highest BCUT2D eigenvalue weighted by Gasteiger charge is 2.23. The number of aryl methyl sites for hydroxylation is 4. The van der Waals surface area contributed by atoms with Crippen LogP contribution in [0.3, 0.4) is 0 Å². The second-order valence-corrected chi connectivity index (χ2v) is 13.8. The van der Waals surface area contributed by atoms with E-state index in [2.05, 4.69) is 164 Å². The highest BCUT2D eigenvalue weighted by molar-refractivity contribution is 6.23. The zero-order valence-electron chi connectivity index (χ0n) is 28.0. The normalized spacial score (nSPS) is 12.8. The zero-order chi connectivity index (χ0) is 33.2. The summed E-state index contributed by atoms with van der Waals surface area (Å²) in [6, 6.07) is 39.6. The molecule has 8 heteroatoms. The lowest BCUT2D eigenvalue weighted by Crippen LogP contribution is -1.93. The van der Waals surface area contributed by atoms with E-state index in [1.165, 1.54) is 76.8 Å². The molecule has 12 aromatic rings. The molecule has 0 amide bonds. The molecule has 6 heterocycles. The van der Waals surface area contributed by atoms with E-state index in [0.29, 0.717) is 0 Å². The lowest BCUT2D eigenvalue weighted by Gasteiger charge is -2.07. The van der Waals surface area contributed by atoms with Gasteiger partial charge in [0.05, 0.1) is 55.2 Å². The van der Waals surface area contributed by atoms with Crippen LogP contribution in [0, 0.1) is 0 Å². The topological polar surface area (TPSA) is 54.3 Å². The smallest absolute Gasteiger partial charge is 0.215 e. The van der Waals surface area contributed by atoms with Gasteiger partial charge in [-0.05, 0) is 77.9 Å². The molecule has 8 nitrogen and oxygen atoms in total. The molecular weight excluding hydrogens is 617 g/mol. The van der Waals surface area contributed by atoms with Crippen molar-refractivity contribution >= 4 is 99.3 Å². The average Bonchev–Trinajstić information content (AvgIpc) is 3.96. The Morgan fingerprint density at radius 2 is 0.980 bits per heavy atom. The minimum absolute atomic E-state index is 0.952. The quantitative estimate of drug-likeness (QED) is 0.179. The molecular formula is C42H30N8. The van der Waals surface area contributed by atoms with Crippen LogP contribution in [0.4, 0.5) is 0 Å². The number of hydrogen-bond acceptors (Lipinski definition) is 2. The number of fused-ring (bicyclic) bond motifs is 18. The number of para-hydroxylation sites is 4. The molecule has 0 atom stereocenters. The Labute approximate surface area is 284 Å². The van der Waals surface area contributed by atoms with Gasteiger partial charge in [0, 0.05) is 60.8 Å². The van der Waals surface area contributed by atoms with Gasteiger partial charge in [0.2, 0.25) is 11.6 Å². The minimum atomic E-state index is 0.952. The first-order chi connectivity index (χ1) is 24.5. The molecule has 50 heavy (non-hydrogen) atoms. The maximum Gasteiger partial charge on any atom is 0.215 e. The van der Waals surface area contributed by atoms with Crippen molar-refractivity contribution in [1.29, 1.82) is 0 Å². The molecule has 238 valence electrons. The van der Waals surface area contributed by atoms with Gasteiger partial charge in [-0.3, -0.25) is 8.80 Å². The van der Waals surface area contributed by atoms with Crippen molar-refractivity contribution in [3.8, 4) is 11.1 Å². The Bertz CT molecular complexity index is 3480. The van der Waals surface area contributed by atoms with Gasteiger partial charge in [-0.2, -0.15) is 0 Å². The Hall–Kier alpha value is -6.54. The van der Waals surface area contributed by atoms with E-state index in [1.807, 2.05) is 0 Å². The average molecular weight is 647 g/mol. The van der Waals surface area contributed by atoms with E-state index in [0.717, 1.165) is 33.6 Å². The van der Waals surface area contributed by atoms with E-state index in [4.69, 9.17) is 9.97 Å².